The standard InChI is InChI=1S/C75H132O6/c1-4-7-10-13-16-19-22-24-26-28-30-32-34-35-36-37-38-39-41-42-44-46-48-50-53-56-59-62-65-68-74(77)80-71-72(70-79-73(76)67-64-61-58-55-52-21-18-15-12-9-6-3)81-75(78)69-66-63-60-57-54-51-49-47-45-43-40-33-31-29-27-25-23-20-17-14-11-8-5-2/h8,11,17,20,25,27-28,30-31,33,43,45,49,51,72H,4-7,9-10,12-16,18-19,21-24,26,29,32,34-42,44,46-48,50,52-71H2,1-3H3/b11-8-,20-17-,27-25-,30-28-,33-31-,45-43-,51-49-. The fourth-order valence-corrected chi connectivity index (χ4v) is 10.2. The highest BCUT2D eigenvalue weighted by atomic mass is 16.6. The maximum Gasteiger partial charge on any atom is 0.306 e. The Hall–Kier alpha value is -3.41. The van der Waals surface area contributed by atoms with E-state index in [9.17, 15) is 14.4 Å². The molecule has 0 N–H and O–H groups in total. The average molecular weight is 1130 g/mol. The molecule has 0 aromatic heterocycles. The zero-order valence-corrected chi connectivity index (χ0v) is 53.8. The molecule has 0 heterocycles. The molecule has 0 amide bonds. The maximum atomic E-state index is 12.9. The number of ether oxygens (including phenoxy) is 3. The molecule has 0 aromatic rings. The number of carbonyl (C=O) groups is 3. The van der Waals surface area contributed by atoms with E-state index in [2.05, 4.69) is 106 Å². The summed E-state index contributed by atoms with van der Waals surface area (Å²) < 4.78 is 16.9. The summed E-state index contributed by atoms with van der Waals surface area (Å²) in [6, 6.07) is 0. The molecule has 0 saturated carbocycles. The monoisotopic (exact) mass is 1130 g/mol. The van der Waals surface area contributed by atoms with E-state index >= 15 is 0 Å². The molecule has 0 spiro atoms. The van der Waals surface area contributed by atoms with Gasteiger partial charge in [0.25, 0.3) is 0 Å². The van der Waals surface area contributed by atoms with Gasteiger partial charge in [-0.05, 0) is 96.3 Å². The van der Waals surface area contributed by atoms with Crippen molar-refractivity contribution < 1.29 is 28.6 Å². The highest BCUT2D eigenvalue weighted by Gasteiger charge is 2.19. The van der Waals surface area contributed by atoms with E-state index < -0.39 is 6.10 Å². The van der Waals surface area contributed by atoms with Gasteiger partial charge in [-0.15, -0.1) is 0 Å². The topological polar surface area (TPSA) is 78.9 Å². The van der Waals surface area contributed by atoms with Crippen LogP contribution in [0.1, 0.15) is 355 Å². The molecule has 0 rings (SSSR count). The molecule has 6 heteroatoms. The largest absolute Gasteiger partial charge is 0.462 e. The Morgan fingerprint density at radius 2 is 0.481 bits per heavy atom. The number of rotatable bonds is 64. The molecular formula is C75H132O6. The van der Waals surface area contributed by atoms with Crippen LogP contribution in [0.4, 0.5) is 0 Å². The Labute approximate surface area is 503 Å². The van der Waals surface area contributed by atoms with Crippen molar-refractivity contribution in [2.24, 2.45) is 0 Å². The Morgan fingerprint density at radius 3 is 0.765 bits per heavy atom. The predicted molar refractivity (Wildman–Crippen MR) is 353 cm³/mol. The third-order valence-electron chi connectivity index (χ3n) is 15.4. The fourth-order valence-electron chi connectivity index (χ4n) is 10.2. The van der Waals surface area contributed by atoms with Crippen LogP contribution in [0.3, 0.4) is 0 Å². The molecule has 0 aliphatic carbocycles. The molecule has 0 aliphatic rings. The van der Waals surface area contributed by atoms with Crippen LogP contribution < -0.4 is 0 Å². The summed E-state index contributed by atoms with van der Waals surface area (Å²) in [4.78, 5) is 38.3. The van der Waals surface area contributed by atoms with Crippen molar-refractivity contribution in [3.05, 3.63) is 85.1 Å². The van der Waals surface area contributed by atoms with Crippen molar-refractivity contribution in [2.45, 2.75) is 361 Å². The minimum atomic E-state index is -0.789. The van der Waals surface area contributed by atoms with Gasteiger partial charge in [0.05, 0.1) is 0 Å². The quantitative estimate of drug-likeness (QED) is 0.0261. The zero-order valence-electron chi connectivity index (χ0n) is 53.8. The Kier molecular flexibility index (Phi) is 66.2. The molecule has 0 aliphatic heterocycles. The number of allylic oxidation sites excluding steroid dienone is 14. The smallest absolute Gasteiger partial charge is 0.306 e. The number of unbranched alkanes of at least 4 members (excludes halogenated alkanes) is 39. The summed E-state index contributed by atoms with van der Waals surface area (Å²) in [5.74, 6) is -0.892. The third kappa shape index (κ3) is 67.3. The highest BCUT2D eigenvalue weighted by molar-refractivity contribution is 5.71. The number of esters is 3. The molecular weight excluding hydrogens is 997 g/mol. The minimum Gasteiger partial charge on any atom is -0.462 e. The summed E-state index contributed by atoms with van der Waals surface area (Å²) >= 11 is 0. The van der Waals surface area contributed by atoms with Gasteiger partial charge in [-0.1, -0.05) is 324 Å². The average Bonchev–Trinajstić information content (AvgIpc) is 3.47. The highest BCUT2D eigenvalue weighted by Crippen LogP contribution is 2.17. The normalized spacial score (nSPS) is 12.6. The van der Waals surface area contributed by atoms with Crippen molar-refractivity contribution in [2.75, 3.05) is 13.2 Å². The first-order valence-corrected chi connectivity index (χ1v) is 35.1. The lowest BCUT2D eigenvalue weighted by atomic mass is 10.0. The molecule has 0 bridgehead atoms. The van der Waals surface area contributed by atoms with Crippen LogP contribution in [-0.4, -0.2) is 37.2 Å². The van der Waals surface area contributed by atoms with Crippen molar-refractivity contribution in [1.29, 1.82) is 0 Å². The van der Waals surface area contributed by atoms with Gasteiger partial charge in [-0.2, -0.15) is 0 Å². The predicted octanol–water partition coefficient (Wildman–Crippen LogP) is 24.2. The van der Waals surface area contributed by atoms with E-state index in [-0.39, 0.29) is 31.1 Å². The lowest BCUT2D eigenvalue weighted by molar-refractivity contribution is -0.167. The molecule has 0 fully saturated rings. The van der Waals surface area contributed by atoms with Gasteiger partial charge in [0.15, 0.2) is 6.10 Å². The first-order valence-electron chi connectivity index (χ1n) is 35.1. The second kappa shape index (κ2) is 69.1. The molecule has 1 unspecified atom stereocenters. The summed E-state index contributed by atoms with van der Waals surface area (Å²) in [6.07, 6.45) is 91.9. The van der Waals surface area contributed by atoms with E-state index in [1.807, 2.05) is 0 Å². The molecule has 0 saturated heterocycles. The van der Waals surface area contributed by atoms with Gasteiger partial charge in [0.1, 0.15) is 13.2 Å². The van der Waals surface area contributed by atoms with Crippen LogP contribution in [-0.2, 0) is 28.6 Å². The fraction of sp³-hybridized carbons (Fsp3) is 0.773. The van der Waals surface area contributed by atoms with Crippen LogP contribution in [0.25, 0.3) is 0 Å². The molecule has 1 atom stereocenters. The van der Waals surface area contributed by atoms with E-state index in [0.717, 1.165) is 109 Å². The van der Waals surface area contributed by atoms with Crippen LogP contribution in [0.5, 0.6) is 0 Å². The van der Waals surface area contributed by atoms with Gasteiger partial charge in [-0.25, -0.2) is 0 Å². The van der Waals surface area contributed by atoms with E-state index in [4.69, 9.17) is 14.2 Å². The van der Waals surface area contributed by atoms with E-state index in [0.29, 0.717) is 19.3 Å². The second-order valence-corrected chi connectivity index (χ2v) is 23.4. The van der Waals surface area contributed by atoms with Crippen molar-refractivity contribution >= 4 is 17.9 Å². The number of hydrogen-bond donors (Lipinski definition) is 0. The summed E-state index contributed by atoms with van der Waals surface area (Å²) in [6.45, 7) is 6.54. The molecule has 0 aromatic carbocycles. The van der Waals surface area contributed by atoms with Gasteiger partial charge in [-0.3, -0.25) is 14.4 Å². The lowest BCUT2D eigenvalue weighted by Crippen LogP contribution is -2.30. The van der Waals surface area contributed by atoms with Crippen molar-refractivity contribution in [3.8, 4) is 0 Å². The molecule has 0 radical (unpaired) electrons. The lowest BCUT2D eigenvalue weighted by Gasteiger charge is -2.18. The Bertz CT molecular complexity index is 1530. The van der Waals surface area contributed by atoms with Crippen LogP contribution in [0.2, 0.25) is 0 Å². The zero-order chi connectivity index (χ0) is 58.5. The first-order chi connectivity index (χ1) is 40.0. The van der Waals surface area contributed by atoms with Gasteiger partial charge in [0.2, 0.25) is 0 Å². The summed E-state index contributed by atoms with van der Waals surface area (Å²) in [5.41, 5.74) is 0. The van der Waals surface area contributed by atoms with Gasteiger partial charge < -0.3 is 14.2 Å². The van der Waals surface area contributed by atoms with Crippen LogP contribution in [0, 0.1) is 0 Å². The molecule has 81 heavy (non-hydrogen) atoms. The Balaban J connectivity index is 4.23. The summed E-state index contributed by atoms with van der Waals surface area (Å²) in [5, 5.41) is 0. The van der Waals surface area contributed by atoms with E-state index in [1.54, 1.807) is 0 Å². The second-order valence-electron chi connectivity index (χ2n) is 23.4. The van der Waals surface area contributed by atoms with Crippen LogP contribution in [0.15, 0.2) is 85.1 Å². The van der Waals surface area contributed by atoms with Gasteiger partial charge in [0, 0.05) is 19.3 Å². The van der Waals surface area contributed by atoms with Crippen LogP contribution >= 0.6 is 0 Å². The first kappa shape index (κ1) is 77.6. The number of hydrogen-bond acceptors (Lipinski definition) is 6. The summed E-state index contributed by atoms with van der Waals surface area (Å²) in [7, 11) is 0. The van der Waals surface area contributed by atoms with Gasteiger partial charge >= 0.3 is 17.9 Å². The third-order valence-corrected chi connectivity index (χ3v) is 15.4. The van der Waals surface area contributed by atoms with E-state index in [1.165, 1.54) is 205 Å². The maximum absolute atomic E-state index is 12.9. The number of carbonyl (C=O) groups excluding carboxylic acids is 3. The van der Waals surface area contributed by atoms with Crippen molar-refractivity contribution in [1.82, 2.24) is 0 Å². The molecule has 6 nitrogen and oxygen atoms in total. The SMILES string of the molecule is CC/C=C\C/C=C\C/C=C\C/C=C\C/C=C\C/C=C\CCCCCCC(=O)OC(COC(=O)CCCCCCCCCCCCC)COC(=O)CCCCCCCCCCCCCCCCCCC/C=C\CCCCCCCCCC. The minimum absolute atomic E-state index is 0.0833. The Morgan fingerprint density at radius 1 is 0.259 bits per heavy atom. The van der Waals surface area contributed by atoms with Crippen molar-refractivity contribution in [3.63, 3.8) is 0 Å². The molecule has 468 valence electrons.